The lowest BCUT2D eigenvalue weighted by atomic mass is 10.2. The van der Waals surface area contributed by atoms with Crippen LogP contribution in [-0.4, -0.2) is 44.8 Å². The molecule has 3 rings (SSSR count). The summed E-state index contributed by atoms with van der Waals surface area (Å²) in [7, 11) is 2.95. The molecule has 3 aromatic rings. The number of benzene rings is 3. The number of hydrogen-bond acceptors (Lipinski definition) is 7. The normalized spacial score (nSPS) is 10.5. The van der Waals surface area contributed by atoms with Crippen molar-refractivity contribution in [2.45, 2.75) is 0 Å². The number of halogens is 1. The van der Waals surface area contributed by atoms with E-state index in [1.165, 1.54) is 26.5 Å². The van der Waals surface area contributed by atoms with Gasteiger partial charge in [-0.25, -0.2) is 10.2 Å². The molecule has 3 aromatic carbocycles. The Bertz CT molecular complexity index is 1240. The molecular formula is C25H22ClN3O6. The van der Waals surface area contributed by atoms with Crippen LogP contribution in [0.25, 0.3) is 0 Å². The van der Waals surface area contributed by atoms with Crippen molar-refractivity contribution in [1.29, 1.82) is 0 Å². The minimum atomic E-state index is -0.565. The summed E-state index contributed by atoms with van der Waals surface area (Å²) >= 11 is 5.84. The van der Waals surface area contributed by atoms with E-state index in [0.29, 0.717) is 33.2 Å². The summed E-state index contributed by atoms with van der Waals surface area (Å²) in [6.45, 7) is -0.308. The number of ether oxygens (including phenoxy) is 3. The van der Waals surface area contributed by atoms with Gasteiger partial charge in [0, 0.05) is 16.1 Å². The number of amides is 2. The van der Waals surface area contributed by atoms with Crippen molar-refractivity contribution in [2.75, 3.05) is 20.8 Å². The maximum atomic E-state index is 12.4. The Morgan fingerprint density at radius 2 is 1.57 bits per heavy atom. The monoisotopic (exact) mass is 495 g/mol. The Kier molecular flexibility index (Phi) is 8.80. The molecule has 10 heteroatoms. The molecular weight excluding hydrogens is 474 g/mol. The van der Waals surface area contributed by atoms with Gasteiger partial charge in [-0.2, -0.15) is 5.10 Å². The maximum absolute atomic E-state index is 12.4. The van der Waals surface area contributed by atoms with Crippen LogP contribution in [-0.2, 0) is 4.79 Å². The van der Waals surface area contributed by atoms with Gasteiger partial charge >= 0.3 is 5.97 Å². The molecule has 0 atom stereocenters. The first-order valence-electron chi connectivity index (χ1n) is 10.3. The molecule has 0 saturated carbocycles. The molecule has 2 N–H and O–H groups in total. The predicted molar refractivity (Wildman–Crippen MR) is 130 cm³/mol. The van der Waals surface area contributed by atoms with Crippen LogP contribution in [0.2, 0.25) is 5.02 Å². The molecule has 35 heavy (non-hydrogen) atoms. The van der Waals surface area contributed by atoms with Gasteiger partial charge in [0.05, 0.1) is 32.5 Å². The number of carbonyl (C=O) groups is 3. The highest BCUT2D eigenvalue weighted by Crippen LogP contribution is 2.27. The summed E-state index contributed by atoms with van der Waals surface area (Å²) in [6, 6.07) is 17.6. The van der Waals surface area contributed by atoms with Crippen LogP contribution in [0.5, 0.6) is 17.2 Å². The average molecular weight is 496 g/mol. The quantitative estimate of drug-likeness (QED) is 0.203. The Morgan fingerprint density at radius 1 is 0.886 bits per heavy atom. The van der Waals surface area contributed by atoms with Crippen LogP contribution in [0.15, 0.2) is 71.8 Å². The Balaban J connectivity index is 1.55. The third kappa shape index (κ3) is 7.05. The van der Waals surface area contributed by atoms with E-state index in [-0.39, 0.29) is 12.3 Å². The smallest absolute Gasteiger partial charge is 0.343 e. The first-order valence-corrected chi connectivity index (χ1v) is 10.7. The summed E-state index contributed by atoms with van der Waals surface area (Å²) < 4.78 is 15.7. The molecule has 0 spiro atoms. The largest absolute Gasteiger partial charge is 0.493 e. The van der Waals surface area contributed by atoms with Crippen molar-refractivity contribution in [3.63, 3.8) is 0 Å². The van der Waals surface area contributed by atoms with E-state index in [0.717, 1.165) is 0 Å². The summed E-state index contributed by atoms with van der Waals surface area (Å²) in [4.78, 5) is 36.8. The van der Waals surface area contributed by atoms with E-state index >= 15 is 0 Å². The van der Waals surface area contributed by atoms with Gasteiger partial charge in [0.2, 0.25) is 0 Å². The van der Waals surface area contributed by atoms with Gasteiger partial charge in [-0.3, -0.25) is 9.59 Å². The fourth-order valence-corrected chi connectivity index (χ4v) is 3.00. The number of methoxy groups -OCH3 is 2. The van der Waals surface area contributed by atoms with Gasteiger partial charge in [0.25, 0.3) is 11.8 Å². The van der Waals surface area contributed by atoms with Crippen molar-refractivity contribution < 1.29 is 28.6 Å². The van der Waals surface area contributed by atoms with E-state index in [2.05, 4.69) is 15.8 Å². The van der Waals surface area contributed by atoms with E-state index < -0.39 is 17.8 Å². The molecule has 0 aliphatic rings. The minimum Gasteiger partial charge on any atom is -0.493 e. The fourth-order valence-electron chi connectivity index (χ4n) is 2.88. The number of carbonyl (C=O) groups excluding carboxylic acids is 3. The zero-order valence-corrected chi connectivity index (χ0v) is 19.7. The third-order valence-corrected chi connectivity index (χ3v) is 4.90. The number of nitrogens with one attached hydrogen (secondary N) is 2. The van der Waals surface area contributed by atoms with Crippen molar-refractivity contribution in [2.24, 2.45) is 5.10 Å². The topological polar surface area (TPSA) is 115 Å². The highest BCUT2D eigenvalue weighted by Gasteiger charge is 2.13. The zero-order chi connectivity index (χ0) is 25.2. The van der Waals surface area contributed by atoms with Crippen LogP contribution >= 0.6 is 11.6 Å². The number of hydrazone groups is 1. The summed E-state index contributed by atoms with van der Waals surface area (Å²) in [5.41, 5.74) is 3.41. The van der Waals surface area contributed by atoms with Crippen LogP contribution in [0.1, 0.15) is 26.3 Å². The molecule has 9 nitrogen and oxygen atoms in total. The number of hydrogen-bond donors (Lipinski definition) is 2. The number of nitrogens with zero attached hydrogens (tertiary/aromatic N) is 1. The van der Waals surface area contributed by atoms with Crippen LogP contribution in [0, 0.1) is 0 Å². The lowest BCUT2D eigenvalue weighted by Gasteiger charge is -2.09. The number of para-hydroxylation sites is 1. The second-order valence-electron chi connectivity index (χ2n) is 6.98. The molecule has 0 bridgehead atoms. The molecule has 0 radical (unpaired) electrons. The first kappa shape index (κ1) is 25.3. The fraction of sp³-hybridized carbons (Fsp3) is 0.120. The van der Waals surface area contributed by atoms with Gasteiger partial charge in [-0.15, -0.1) is 0 Å². The molecule has 2 amide bonds. The molecule has 0 aliphatic heterocycles. The summed E-state index contributed by atoms with van der Waals surface area (Å²) in [5, 5.41) is 6.87. The van der Waals surface area contributed by atoms with Crippen LogP contribution in [0.4, 0.5) is 0 Å². The van der Waals surface area contributed by atoms with E-state index in [1.807, 2.05) is 0 Å². The molecule has 0 fully saturated rings. The molecule has 0 aliphatic carbocycles. The third-order valence-electron chi connectivity index (χ3n) is 4.65. The zero-order valence-electron chi connectivity index (χ0n) is 18.9. The second-order valence-corrected chi connectivity index (χ2v) is 7.42. The van der Waals surface area contributed by atoms with Crippen molar-refractivity contribution in [3.05, 3.63) is 88.4 Å². The van der Waals surface area contributed by atoms with E-state index in [1.54, 1.807) is 60.7 Å². The number of esters is 1. The van der Waals surface area contributed by atoms with Gasteiger partial charge in [0.15, 0.2) is 11.5 Å². The summed E-state index contributed by atoms with van der Waals surface area (Å²) in [6.07, 6.45) is 1.33. The highest BCUT2D eigenvalue weighted by atomic mass is 35.5. The summed E-state index contributed by atoms with van der Waals surface area (Å²) in [5.74, 6) is -0.452. The highest BCUT2D eigenvalue weighted by molar-refractivity contribution is 6.30. The van der Waals surface area contributed by atoms with Crippen molar-refractivity contribution in [1.82, 2.24) is 10.7 Å². The van der Waals surface area contributed by atoms with Crippen LogP contribution in [0.3, 0.4) is 0 Å². The molecule has 180 valence electrons. The van der Waals surface area contributed by atoms with Gasteiger partial charge in [0.1, 0.15) is 5.75 Å². The van der Waals surface area contributed by atoms with E-state index in [4.69, 9.17) is 25.8 Å². The standard InChI is InChI=1S/C25H22ClN3O6/c1-33-21-12-9-17(13-22(21)34-2)24(31)27-15-23(30)29-28-14-18-5-3-4-6-20(18)35-25(32)16-7-10-19(26)11-8-16/h3-14H,15H2,1-2H3,(H,27,31)(H,29,30)/b28-14+. The molecule has 0 aromatic heterocycles. The Labute approximate surface area is 206 Å². The van der Waals surface area contributed by atoms with Gasteiger partial charge in [-0.05, 0) is 54.6 Å². The van der Waals surface area contributed by atoms with Crippen LogP contribution < -0.4 is 25.0 Å². The minimum absolute atomic E-state index is 0.257. The Morgan fingerprint density at radius 3 is 2.29 bits per heavy atom. The lowest BCUT2D eigenvalue weighted by molar-refractivity contribution is -0.120. The molecule has 0 unspecified atom stereocenters. The van der Waals surface area contributed by atoms with Crippen molar-refractivity contribution in [3.8, 4) is 17.2 Å². The lowest BCUT2D eigenvalue weighted by Crippen LogP contribution is -2.34. The Hall–Kier alpha value is -4.37. The average Bonchev–Trinajstić information content (AvgIpc) is 2.88. The van der Waals surface area contributed by atoms with Crippen molar-refractivity contribution >= 4 is 35.6 Å². The maximum Gasteiger partial charge on any atom is 0.343 e. The predicted octanol–water partition coefficient (Wildman–Crippen LogP) is 3.46. The SMILES string of the molecule is COc1ccc(C(=O)NCC(=O)N/N=C/c2ccccc2OC(=O)c2ccc(Cl)cc2)cc1OC. The molecule has 0 saturated heterocycles. The van der Waals surface area contributed by atoms with Gasteiger partial charge in [-0.1, -0.05) is 23.7 Å². The second kappa shape index (κ2) is 12.2. The van der Waals surface area contributed by atoms with E-state index in [9.17, 15) is 14.4 Å². The molecule has 0 heterocycles. The first-order chi connectivity index (χ1) is 16.9. The number of rotatable bonds is 9. The van der Waals surface area contributed by atoms with Gasteiger partial charge < -0.3 is 19.5 Å².